The maximum atomic E-state index is 11.6. The van der Waals surface area contributed by atoms with Gasteiger partial charge >= 0.3 is 0 Å². The molecule has 30 heavy (non-hydrogen) atoms. The van der Waals surface area contributed by atoms with E-state index in [9.17, 15) is 10.3 Å². The SMILES string of the molecule is C[C@]12CCC3(CC1/C(=N\O)[C@@H](O)[C@@H]1[C@@H]2CC[C@@]2(C)[C@H]1CCC21OCCO1)OCCO3. The number of aliphatic hydroxyl groups is 1. The molecule has 6 aliphatic rings. The average molecular weight is 422 g/mol. The van der Waals surface area contributed by atoms with Crippen molar-refractivity contribution in [3.05, 3.63) is 0 Å². The Kier molecular flexibility index (Phi) is 4.26. The van der Waals surface area contributed by atoms with Crippen LogP contribution in [0.4, 0.5) is 0 Å². The van der Waals surface area contributed by atoms with Crippen molar-refractivity contribution in [2.24, 2.45) is 39.7 Å². The van der Waals surface area contributed by atoms with Gasteiger partial charge in [0.25, 0.3) is 0 Å². The van der Waals surface area contributed by atoms with Crippen LogP contribution in [0.25, 0.3) is 0 Å². The number of aliphatic hydroxyl groups excluding tert-OH is 1. The summed E-state index contributed by atoms with van der Waals surface area (Å²) in [4.78, 5) is 0. The maximum Gasteiger partial charge on any atom is 0.174 e. The van der Waals surface area contributed by atoms with Crippen LogP contribution in [0.5, 0.6) is 0 Å². The molecule has 0 aromatic carbocycles. The highest BCUT2D eigenvalue weighted by Gasteiger charge is 2.70. The predicted octanol–water partition coefficient (Wildman–Crippen LogP) is 2.93. The molecule has 7 nitrogen and oxygen atoms in total. The molecule has 4 aliphatic carbocycles. The summed E-state index contributed by atoms with van der Waals surface area (Å²) in [6.45, 7) is 7.20. The van der Waals surface area contributed by atoms with Crippen molar-refractivity contribution in [3.63, 3.8) is 0 Å². The molecule has 2 N–H and O–H groups in total. The fraction of sp³-hybridized carbons (Fsp3) is 0.957. The van der Waals surface area contributed by atoms with Crippen molar-refractivity contribution in [1.29, 1.82) is 0 Å². The molecule has 1 unspecified atom stereocenters. The van der Waals surface area contributed by atoms with Crippen LogP contribution in [0.3, 0.4) is 0 Å². The zero-order valence-corrected chi connectivity index (χ0v) is 18.1. The lowest BCUT2D eigenvalue weighted by molar-refractivity contribution is -0.255. The fourth-order valence-electron chi connectivity index (χ4n) is 8.75. The summed E-state index contributed by atoms with van der Waals surface area (Å²) in [6, 6.07) is 0. The molecule has 0 radical (unpaired) electrons. The molecule has 0 bridgehead atoms. The van der Waals surface area contributed by atoms with Crippen molar-refractivity contribution in [3.8, 4) is 0 Å². The molecule has 2 spiro atoms. The molecule has 6 fully saturated rings. The van der Waals surface area contributed by atoms with Gasteiger partial charge in [0, 0.05) is 30.6 Å². The highest BCUT2D eigenvalue weighted by atomic mass is 16.7. The number of hydrogen-bond acceptors (Lipinski definition) is 7. The Bertz CT molecular complexity index is 744. The van der Waals surface area contributed by atoms with Gasteiger partial charge in [0.05, 0.1) is 38.2 Å². The van der Waals surface area contributed by atoms with Crippen LogP contribution in [-0.2, 0) is 18.9 Å². The van der Waals surface area contributed by atoms with Gasteiger partial charge < -0.3 is 29.3 Å². The van der Waals surface area contributed by atoms with Crippen LogP contribution in [-0.4, -0.2) is 60.1 Å². The van der Waals surface area contributed by atoms with Gasteiger partial charge in [-0.3, -0.25) is 0 Å². The lowest BCUT2D eigenvalue weighted by atomic mass is 9.43. The van der Waals surface area contributed by atoms with Crippen molar-refractivity contribution in [2.45, 2.75) is 76.5 Å². The lowest BCUT2D eigenvalue weighted by Gasteiger charge is -2.63. The summed E-state index contributed by atoms with van der Waals surface area (Å²) in [5.41, 5.74) is 0.402. The normalized spacial score (nSPS) is 52.5. The van der Waals surface area contributed by atoms with Crippen molar-refractivity contribution < 1.29 is 29.3 Å². The number of ether oxygens (including phenoxy) is 4. The van der Waals surface area contributed by atoms with E-state index in [2.05, 4.69) is 19.0 Å². The second-order valence-electron chi connectivity index (χ2n) is 11.1. The van der Waals surface area contributed by atoms with Crippen molar-refractivity contribution in [2.75, 3.05) is 26.4 Å². The van der Waals surface area contributed by atoms with Crippen LogP contribution in [0.1, 0.15) is 58.8 Å². The number of nitrogens with zero attached hydrogens (tertiary/aromatic N) is 1. The van der Waals surface area contributed by atoms with Crippen LogP contribution in [0, 0.1) is 34.5 Å². The highest BCUT2D eigenvalue weighted by molar-refractivity contribution is 5.92. The van der Waals surface area contributed by atoms with E-state index in [-0.39, 0.29) is 22.7 Å². The van der Waals surface area contributed by atoms with Crippen LogP contribution in [0.15, 0.2) is 5.16 Å². The molecule has 168 valence electrons. The second-order valence-corrected chi connectivity index (χ2v) is 11.1. The van der Waals surface area contributed by atoms with Gasteiger partial charge in [0.1, 0.15) is 0 Å². The molecule has 0 amide bonds. The van der Waals surface area contributed by atoms with Gasteiger partial charge in [-0.15, -0.1) is 0 Å². The summed E-state index contributed by atoms with van der Waals surface area (Å²) < 4.78 is 24.5. The number of oxime groups is 1. The topological polar surface area (TPSA) is 89.7 Å². The number of rotatable bonds is 0. The minimum atomic E-state index is -0.740. The molecule has 0 aromatic heterocycles. The average Bonchev–Trinajstić information content (AvgIpc) is 3.46. The van der Waals surface area contributed by atoms with Gasteiger partial charge in [-0.1, -0.05) is 19.0 Å². The Hall–Kier alpha value is -0.730. The smallest absolute Gasteiger partial charge is 0.174 e. The molecule has 0 aromatic rings. The third-order valence-electron chi connectivity index (χ3n) is 10.3. The summed E-state index contributed by atoms with van der Waals surface area (Å²) in [5.74, 6) is -0.339. The Balaban J connectivity index is 1.38. The first-order valence-corrected chi connectivity index (χ1v) is 11.8. The minimum Gasteiger partial charge on any atom is -0.411 e. The van der Waals surface area contributed by atoms with Crippen molar-refractivity contribution >= 4 is 5.71 Å². The van der Waals surface area contributed by atoms with Gasteiger partial charge in [0.2, 0.25) is 0 Å². The monoisotopic (exact) mass is 421 g/mol. The van der Waals surface area contributed by atoms with E-state index in [1.54, 1.807) is 0 Å². The van der Waals surface area contributed by atoms with Gasteiger partial charge in [-0.2, -0.15) is 0 Å². The molecule has 2 saturated heterocycles. The molecule has 7 heteroatoms. The fourth-order valence-corrected chi connectivity index (χ4v) is 8.75. The summed E-state index contributed by atoms with van der Waals surface area (Å²) in [5, 5.41) is 25.4. The van der Waals surface area contributed by atoms with Gasteiger partial charge in [0.15, 0.2) is 11.6 Å². The summed E-state index contributed by atoms with van der Waals surface area (Å²) in [7, 11) is 0. The summed E-state index contributed by atoms with van der Waals surface area (Å²) in [6.07, 6.45) is 5.74. The van der Waals surface area contributed by atoms with E-state index in [1.165, 1.54) is 0 Å². The van der Waals surface area contributed by atoms with E-state index in [0.29, 0.717) is 50.4 Å². The Labute approximate surface area is 178 Å². The zero-order valence-electron chi connectivity index (χ0n) is 18.1. The second kappa shape index (κ2) is 6.41. The molecular formula is C23H35NO6. The Morgan fingerprint density at radius 2 is 1.53 bits per heavy atom. The first-order chi connectivity index (χ1) is 14.4. The third-order valence-corrected chi connectivity index (χ3v) is 10.3. The Morgan fingerprint density at radius 3 is 2.23 bits per heavy atom. The molecule has 2 aliphatic heterocycles. The van der Waals surface area contributed by atoms with E-state index in [1.807, 2.05) is 0 Å². The van der Waals surface area contributed by atoms with E-state index in [4.69, 9.17) is 18.9 Å². The van der Waals surface area contributed by atoms with E-state index >= 15 is 0 Å². The van der Waals surface area contributed by atoms with Crippen LogP contribution >= 0.6 is 0 Å². The van der Waals surface area contributed by atoms with E-state index < -0.39 is 17.7 Å². The third kappa shape index (κ3) is 2.31. The number of hydrogen-bond donors (Lipinski definition) is 2. The predicted molar refractivity (Wildman–Crippen MR) is 107 cm³/mol. The standard InChI is InChI=1S/C23H35NO6/c1-20-7-8-22(27-9-10-28-22)13-16(20)18(24-26)19(25)17-14(20)3-5-21(2)15(17)4-6-23(21)29-11-12-30-23/h14-17,19,25-26H,3-13H2,1-2H3/b24-18+/t14-,15-,16?,17+,19-,20+,21-/m0/s1. The highest BCUT2D eigenvalue weighted by Crippen LogP contribution is 2.69. The molecule has 7 atom stereocenters. The lowest BCUT2D eigenvalue weighted by Crippen LogP contribution is -2.65. The van der Waals surface area contributed by atoms with Crippen LogP contribution in [0.2, 0.25) is 0 Å². The quantitative estimate of drug-likeness (QED) is 0.462. The Morgan fingerprint density at radius 1 is 0.867 bits per heavy atom. The molecule has 6 rings (SSSR count). The van der Waals surface area contributed by atoms with Crippen LogP contribution < -0.4 is 0 Å². The van der Waals surface area contributed by atoms with Gasteiger partial charge in [-0.05, 0) is 48.9 Å². The minimum absolute atomic E-state index is 0.0238. The molecule has 4 saturated carbocycles. The maximum absolute atomic E-state index is 11.6. The first kappa shape index (κ1) is 19.9. The summed E-state index contributed by atoms with van der Waals surface area (Å²) >= 11 is 0. The molecule has 2 heterocycles. The largest absolute Gasteiger partial charge is 0.411 e. The number of fused-ring (bicyclic) bond motifs is 6. The van der Waals surface area contributed by atoms with Crippen molar-refractivity contribution in [1.82, 2.24) is 0 Å². The first-order valence-electron chi connectivity index (χ1n) is 11.8. The molecular weight excluding hydrogens is 386 g/mol. The zero-order chi connectivity index (χ0) is 20.8. The van der Waals surface area contributed by atoms with Gasteiger partial charge in [-0.25, -0.2) is 0 Å². The van der Waals surface area contributed by atoms with E-state index in [0.717, 1.165) is 38.5 Å².